The van der Waals surface area contributed by atoms with Crippen LogP contribution in [0.15, 0.2) is 35.3 Å². The lowest BCUT2D eigenvalue weighted by Gasteiger charge is -2.00. The van der Waals surface area contributed by atoms with Crippen LogP contribution in [0.2, 0.25) is 0 Å². The van der Waals surface area contributed by atoms with Crippen LogP contribution < -0.4 is 4.80 Å². The minimum absolute atomic E-state index is 0.0594. The Balaban J connectivity index is 2.26. The van der Waals surface area contributed by atoms with Crippen molar-refractivity contribution in [2.45, 2.75) is 13.8 Å². The summed E-state index contributed by atoms with van der Waals surface area (Å²) in [4.78, 5) is 38.9. The van der Waals surface area contributed by atoms with Gasteiger partial charge in [-0.25, -0.2) is 4.79 Å². The molecule has 0 unspecified atom stereocenters. The van der Waals surface area contributed by atoms with Crippen molar-refractivity contribution in [1.29, 1.82) is 0 Å². The zero-order valence-electron chi connectivity index (χ0n) is 14.5. The number of carbonyl (C=O) groups is 2. The highest BCUT2D eigenvalue weighted by molar-refractivity contribution is 7.11. The number of hydrogen-bond donors (Lipinski definition) is 0. The lowest BCUT2D eigenvalue weighted by atomic mass is 10.2. The number of nitrogens with zero attached hydrogens (tertiary/aromatic N) is 3. The first-order valence-electron chi connectivity index (χ1n) is 7.68. The third-order valence-electron chi connectivity index (χ3n) is 3.48. The molecule has 26 heavy (non-hydrogen) atoms. The first-order valence-corrected chi connectivity index (χ1v) is 8.50. The summed E-state index contributed by atoms with van der Waals surface area (Å²) >= 11 is 1.07. The van der Waals surface area contributed by atoms with Crippen molar-refractivity contribution < 1.29 is 19.2 Å². The number of amides is 1. The smallest absolute Gasteiger partial charge is 0.350 e. The first kappa shape index (κ1) is 19.3. The maximum atomic E-state index is 12.1. The van der Waals surface area contributed by atoms with Gasteiger partial charge in [-0.2, -0.15) is 4.99 Å². The van der Waals surface area contributed by atoms with Gasteiger partial charge in [0.05, 0.1) is 11.5 Å². The average Bonchev–Trinajstić information content (AvgIpc) is 2.89. The number of nitro benzene ring substituents is 1. The van der Waals surface area contributed by atoms with E-state index in [1.165, 1.54) is 30.4 Å². The lowest BCUT2D eigenvalue weighted by molar-refractivity contribution is -0.384. The van der Waals surface area contributed by atoms with Gasteiger partial charge in [0.25, 0.3) is 11.6 Å². The number of esters is 1. The number of nitro groups is 1. The molecule has 1 heterocycles. The minimum atomic E-state index is -0.538. The van der Waals surface area contributed by atoms with E-state index in [4.69, 9.17) is 4.74 Å². The molecular weight excluding hydrogens is 358 g/mol. The van der Waals surface area contributed by atoms with E-state index in [9.17, 15) is 19.7 Å². The Kier molecular flexibility index (Phi) is 6.18. The quantitative estimate of drug-likeness (QED) is 0.346. The Labute approximate surface area is 153 Å². The Bertz CT molecular complexity index is 956. The largest absolute Gasteiger partial charge is 0.462 e. The van der Waals surface area contributed by atoms with Gasteiger partial charge in [-0.05, 0) is 25.5 Å². The SMILES string of the molecule is CCOC(=O)c1sc(=NC(=O)C=Cc2cccc([N+](=O)[O-])c2)n(C)c1C. The van der Waals surface area contributed by atoms with Gasteiger partial charge in [0.1, 0.15) is 4.88 Å². The molecule has 0 aliphatic heterocycles. The summed E-state index contributed by atoms with van der Waals surface area (Å²) in [7, 11) is 1.70. The predicted octanol–water partition coefficient (Wildman–Crippen LogP) is 2.62. The Morgan fingerprint density at radius 1 is 1.42 bits per heavy atom. The first-order chi connectivity index (χ1) is 12.3. The Morgan fingerprint density at radius 2 is 2.15 bits per heavy atom. The second-order valence-electron chi connectivity index (χ2n) is 5.21. The summed E-state index contributed by atoms with van der Waals surface area (Å²) in [5.74, 6) is -0.990. The van der Waals surface area contributed by atoms with Crippen molar-refractivity contribution in [2.75, 3.05) is 6.61 Å². The Morgan fingerprint density at radius 3 is 2.81 bits per heavy atom. The van der Waals surface area contributed by atoms with Crippen molar-refractivity contribution in [2.24, 2.45) is 12.0 Å². The highest BCUT2D eigenvalue weighted by Crippen LogP contribution is 2.14. The molecule has 1 aromatic heterocycles. The molecule has 0 saturated heterocycles. The monoisotopic (exact) mass is 375 g/mol. The van der Waals surface area contributed by atoms with Crippen LogP contribution in [-0.2, 0) is 16.6 Å². The van der Waals surface area contributed by atoms with E-state index in [1.807, 2.05) is 0 Å². The highest BCUT2D eigenvalue weighted by Gasteiger charge is 2.16. The summed E-state index contributed by atoms with van der Waals surface area (Å²) in [6.07, 6.45) is 2.67. The number of rotatable bonds is 5. The summed E-state index contributed by atoms with van der Waals surface area (Å²) in [6.45, 7) is 3.72. The standard InChI is InChI=1S/C17H17N3O5S/c1-4-25-16(22)15-11(2)19(3)17(26-15)18-14(21)9-8-12-6-5-7-13(10-12)20(23)24/h5-10H,4H2,1-3H3. The van der Waals surface area contributed by atoms with Crippen molar-refractivity contribution in [3.8, 4) is 0 Å². The van der Waals surface area contributed by atoms with Gasteiger partial charge in [0, 0.05) is 31.0 Å². The number of ether oxygens (including phenoxy) is 1. The van der Waals surface area contributed by atoms with Crippen LogP contribution in [0.4, 0.5) is 5.69 Å². The lowest BCUT2D eigenvalue weighted by Crippen LogP contribution is -2.13. The molecule has 2 aromatic rings. The van der Waals surface area contributed by atoms with Crippen LogP contribution in [-0.4, -0.2) is 28.0 Å². The topological polar surface area (TPSA) is 104 Å². The van der Waals surface area contributed by atoms with Gasteiger partial charge in [0.15, 0.2) is 4.80 Å². The number of non-ortho nitro benzene ring substituents is 1. The van der Waals surface area contributed by atoms with Gasteiger partial charge in [0.2, 0.25) is 0 Å². The average molecular weight is 375 g/mol. The second kappa shape index (κ2) is 8.34. The van der Waals surface area contributed by atoms with E-state index in [0.717, 1.165) is 11.3 Å². The number of hydrogen-bond acceptors (Lipinski definition) is 6. The van der Waals surface area contributed by atoms with Crippen molar-refractivity contribution in [1.82, 2.24) is 4.57 Å². The molecule has 2 rings (SSSR count). The molecule has 0 N–H and O–H groups in total. The van der Waals surface area contributed by atoms with Gasteiger partial charge in [-0.1, -0.05) is 23.5 Å². The maximum Gasteiger partial charge on any atom is 0.350 e. The fourth-order valence-corrected chi connectivity index (χ4v) is 3.07. The zero-order valence-corrected chi connectivity index (χ0v) is 15.3. The van der Waals surface area contributed by atoms with Crippen LogP contribution in [0.1, 0.15) is 27.9 Å². The van der Waals surface area contributed by atoms with Crippen molar-refractivity contribution in [3.63, 3.8) is 0 Å². The molecule has 1 amide bonds. The van der Waals surface area contributed by atoms with Crippen molar-refractivity contribution >= 4 is 35.0 Å². The Hall–Kier alpha value is -3.07. The molecule has 8 nitrogen and oxygen atoms in total. The van der Waals surface area contributed by atoms with Gasteiger partial charge < -0.3 is 9.30 Å². The second-order valence-corrected chi connectivity index (χ2v) is 6.19. The van der Waals surface area contributed by atoms with Gasteiger partial charge >= 0.3 is 5.97 Å². The molecule has 0 aliphatic carbocycles. The fraction of sp³-hybridized carbons (Fsp3) is 0.235. The fourth-order valence-electron chi connectivity index (χ4n) is 2.05. The van der Waals surface area contributed by atoms with E-state index in [1.54, 1.807) is 31.5 Å². The number of thiazole rings is 1. The molecule has 0 radical (unpaired) electrons. The number of aromatic nitrogens is 1. The predicted molar refractivity (Wildman–Crippen MR) is 96.7 cm³/mol. The van der Waals surface area contributed by atoms with Crippen molar-refractivity contribution in [3.05, 3.63) is 61.4 Å². The zero-order chi connectivity index (χ0) is 19.3. The molecule has 0 saturated carbocycles. The summed E-state index contributed by atoms with van der Waals surface area (Å²) in [5, 5.41) is 10.8. The number of carbonyl (C=O) groups excluding carboxylic acids is 2. The van der Waals surface area contributed by atoms with Crippen LogP contribution in [0, 0.1) is 17.0 Å². The molecule has 1 aromatic carbocycles. The molecule has 136 valence electrons. The van der Waals surface area contributed by atoms with Crippen LogP contribution >= 0.6 is 11.3 Å². The summed E-state index contributed by atoms with van der Waals surface area (Å²) in [6, 6.07) is 5.91. The molecule has 9 heteroatoms. The third-order valence-corrected chi connectivity index (χ3v) is 4.69. The molecular formula is C17H17N3O5S. The van der Waals surface area contributed by atoms with E-state index in [2.05, 4.69) is 4.99 Å². The van der Waals surface area contributed by atoms with Crippen LogP contribution in [0.3, 0.4) is 0 Å². The van der Waals surface area contributed by atoms with Crippen LogP contribution in [0.25, 0.3) is 6.08 Å². The van der Waals surface area contributed by atoms with E-state index in [-0.39, 0.29) is 12.3 Å². The molecule has 0 aliphatic rings. The molecule has 0 atom stereocenters. The third kappa shape index (κ3) is 4.51. The summed E-state index contributed by atoms with van der Waals surface area (Å²) in [5.41, 5.74) is 1.11. The normalized spacial score (nSPS) is 11.7. The van der Waals surface area contributed by atoms with Crippen LogP contribution in [0.5, 0.6) is 0 Å². The molecule has 0 spiro atoms. The summed E-state index contributed by atoms with van der Waals surface area (Å²) < 4.78 is 6.62. The van der Waals surface area contributed by atoms with E-state index >= 15 is 0 Å². The minimum Gasteiger partial charge on any atom is -0.462 e. The molecule has 0 fully saturated rings. The maximum absolute atomic E-state index is 12.1. The van der Waals surface area contributed by atoms with Gasteiger partial charge in [-0.3, -0.25) is 14.9 Å². The highest BCUT2D eigenvalue weighted by atomic mass is 32.1. The van der Waals surface area contributed by atoms with E-state index < -0.39 is 16.8 Å². The van der Waals surface area contributed by atoms with E-state index in [0.29, 0.717) is 20.9 Å². The molecule has 0 bridgehead atoms. The van der Waals surface area contributed by atoms with Gasteiger partial charge in [-0.15, -0.1) is 0 Å². The number of benzene rings is 1.